The van der Waals surface area contributed by atoms with E-state index in [1.54, 1.807) is 0 Å². The number of nitrogens with zero attached hydrogens (tertiary/aromatic N) is 5. The van der Waals surface area contributed by atoms with Gasteiger partial charge in [-0.1, -0.05) is 0 Å². The molecule has 1 spiro atoms. The number of carbonyl (C=O) groups excluding carboxylic acids is 1. The molecule has 2 saturated heterocycles. The number of piperidine rings is 1. The van der Waals surface area contributed by atoms with Crippen LogP contribution in [0.1, 0.15) is 25.5 Å². The molecule has 1 amide bonds. The Bertz CT molecular complexity index is 596. The number of hydrogen-bond donors (Lipinski definition) is 0. The van der Waals surface area contributed by atoms with Gasteiger partial charge in [-0.15, -0.1) is 5.10 Å². The van der Waals surface area contributed by atoms with Crippen LogP contribution in [0.4, 0.5) is 5.82 Å². The molecule has 7 heteroatoms. The molecule has 0 aliphatic carbocycles. The standard InChI is InChI=1S/C18H29N5O2/c1-14-5-6-16(20-19-14)22-9-7-18(8-10-22)15(2)23(12-11-21(3)4)17(24)13-25-18/h5-6,15H,7-13H2,1-4H3. The van der Waals surface area contributed by atoms with Gasteiger partial charge >= 0.3 is 0 Å². The Hall–Kier alpha value is -1.73. The monoisotopic (exact) mass is 347 g/mol. The van der Waals surface area contributed by atoms with Crippen LogP contribution in [0.25, 0.3) is 0 Å². The van der Waals surface area contributed by atoms with Gasteiger partial charge in [0.1, 0.15) is 6.61 Å². The number of likely N-dealkylation sites (N-methyl/N-ethyl adjacent to an activating group) is 1. The number of carbonyl (C=O) groups is 1. The van der Waals surface area contributed by atoms with Crippen molar-refractivity contribution in [3.05, 3.63) is 17.8 Å². The van der Waals surface area contributed by atoms with Crippen LogP contribution >= 0.6 is 0 Å². The molecule has 0 radical (unpaired) electrons. The fourth-order valence-corrected chi connectivity index (χ4v) is 3.77. The normalized spacial score (nSPS) is 23.6. The second kappa shape index (κ2) is 7.25. The van der Waals surface area contributed by atoms with Crippen molar-refractivity contribution in [2.24, 2.45) is 0 Å². The van der Waals surface area contributed by atoms with Crippen LogP contribution in [0.5, 0.6) is 0 Å². The van der Waals surface area contributed by atoms with Crippen LogP contribution in [0.2, 0.25) is 0 Å². The van der Waals surface area contributed by atoms with Crippen LogP contribution in [0.15, 0.2) is 12.1 Å². The molecule has 0 saturated carbocycles. The molecule has 138 valence electrons. The molecule has 3 heterocycles. The molecular weight excluding hydrogens is 318 g/mol. The number of morpholine rings is 1. The highest BCUT2D eigenvalue weighted by Crippen LogP contribution is 2.36. The summed E-state index contributed by atoms with van der Waals surface area (Å²) in [5.41, 5.74) is 0.686. The first-order valence-corrected chi connectivity index (χ1v) is 9.05. The summed E-state index contributed by atoms with van der Waals surface area (Å²) < 4.78 is 6.10. The molecule has 1 atom stereocenters. The zero-order valence-corrected chi connectivity index (χ0v) is 15.7. The van der Waals surface area contributed by atoms with Crippen molar-refractivity contribution in [3.63, 3.8) is 0 Å². The van der Waals surface area contributed by atoms with E-state index in [0.29, 0.717) is 0 Å². The highest BCUT2D eigenvalue weighted by atomic mass is 16.5. The van der Waals surface area contributed by atoms with Crippen LogP contribution in [0, 0.1) is 6.92 Å². The predicted molar refractivity (Wildman–Crippen MR) is 96.6 cm³/mol. The summed E-state index contributed by atoms with van der Waals surface area (Å²) in [7, 11) is 4.07. The third-order valence-electron chi connectivity index (χ3n) is 5.54. The minimum Gasteiger partial charge on any atom is -0.363 e. The van der Waals surface area contributed by atoms with Crippen molar-refractivity contribution in [2.75, 3.05) is 51.8 Å². The molecule has 1 aromatic rings. The van der Waals surface area contributed by atoms with Crippen LogP contribution in [0.3, 0.4) is 0 Å². The van der Waals surface area contributed by atoms with Gasteiger partial charge in [-0.05, 0) is 52.9 Å². The van der Waals surface area contributed by atoms with Gasteiger partial charge in [0.25, 0.3) is 0 Å². The third-order valence-corrected chi connectivity index (χ3v) is 5.54. The van der Waals surface area contributed by atoms with E-state index >= 15 is 0 Å². The largest absolute Gasteiger partial charge is 0.363 e. The number of aromatic nitrogens is 2. The topological polar surface area (TPSA) is 61.8 Å². The Labute approximate surface area is 149 Å². The van der Waals surface area contributed by atoms with Crippen LogP contribution in [-0.2, 0) is 9.53 Å². The molecule has 1 aromatic heterocycles. The van der Waals surface area contributed by atoms with Gasteiger partial charge < -0.3 is 19.4 Å². The summed E-state index contributed by atoms with van der Waals surface area (Å²) in [5, 5.41) is 8.45. The van der Waals surface area contributed by atoms with E-state index in [2.05, 4.69) is 26.9 Å². The maximum Gasteiger partial charge on any atom is 0.248 e. The van der Waals surface area contributed by atoms with E-state index in [1.165, 1.54) is 0 Å². The lowest BCUT2D eigenvalue weighted by atomic mass is 9.82. The summed E-state index contributed by atoms with van der Waals surface area (Å²) >= 11 is 0. The van der Waals surface area contributed by atoms with Gasteiger partial charge in [0.2, 0.25) is 5.91 Å². The van der Waals surface area contributed by atoms with Crippen molar-refractivity contribution < 1.29 is 9.53 Å². The van der Waals surface area contributed by atoms with Crippen molar-refractivity contribution in [2.45, 2.75) is 38.3 Å². The van der Waals surface area contributed by atoms with Crippen molar-refractivity contribution >= 4 is 11.7 Å². The van der Waals surface area contributed by atoms with Crippen LogP contribution < -0.4 is 4.90 Å². The average molecular weight is 347 g/mol. The Morgan fingerprint density at radius 3 is 2.60 bits per heavy atom. The van der Waals surface area contributed by atoms with Gasteiger partial charge in [0.05, 0.1) is 17.3 Å². The zero-order valence-electron chi connectivity index (χ0n) is 15.7. The lowest BCUT2D eigenvalue weighted by Gasteiger charge is -2.51. The van der Waals surface area contributed by atoms with E-state index in [1.807, 2.05) is 38.1 Å². The number of ether oxygens (including phenoxy) is 1. The lowest BCUT2D eigenvalue weighted by molar-refractivity contribution is -0.181. The number of hydrogen-bond acceptors (Lipinski definition) is 6. The Morgan fingerprint density at radius 1 is 1.28 bits per heavy atom. The minimum atomic E-state index is -0.241. The second-order valence-corrected chi connectivity index (χ2v) is 7.44. The fourth-order valence-electron chi connectivity index (χ4n) is 3.77. The maximum absolute atomic E-state index is 12.3. The summed E-state index contributed by atoms with van der Waals surface area (Å²) in [6.07, 6.45) is 1.80. The quantitative estimate of drug-likeness (QED) is 0.808. The predicted octanol–water partition coefficient (Wildman–Crippen LogP) is 0.933. The number of anilines is 1. The average Bonchev–Trinajstić information content (AvgIpc) is 2.60. The van der Waals surface area contributed by atoms with Crippen molar-refractivity contribution in [1.29, 1.82) is 0 Å². The minimum absolute atomic E-state index is 0.0972. The molecule has 2 aliphatic rings. The first-order chi connectivity index (χ1) is 11.9. The van der Waals surface area contributed by atoms with E-state index < -0.39 is 0 Å². The van der Waals surface area contributed by atoms with E-state index in [4.69, 9.17) is 4.74 Å². The highest BCUT2D eigenvalue weighted by molar-refractivity contribution is 5.78. The molecule has 0 aromatic carbocycles. The molecule has 7 nitrogen and oxygen atoms in total. The van der Waals surface area contributed by atoms with E-state index in [9.17, 15) is 4.79 Å². The molecule has 25 heavy (non-hydrogen) atoms. The smallest absolute Gasteiger partial charge is 0.248 e. The molecule has 3 rings (SSSR count). The van der Waals surface area contributed by atoms with Crippen molar-refractivity contribution in [1.82, 2.24) is 20.0 Å². The third kappa shape index (κ3) is 3.77. The fraction of sp³-hybridized carbons (Fsp3) is 0.722. The Kier molecular flexibility index (Phi) is 5.24. The molecule has 0 bridgehead atoms. The summed E-state index contributed by atoms with van der Waals surface area (Å²) in [6.45, 7) is 7.65. The molecule has 0 N–H and O–H groups in total. The SMILES string of the molecule is Cc1ccc(N2CCC3(CC2)OCC(=O)N(CCN(C)C)C3C)nn1. The summed E-state index contributed by atoms with van der Waals surface area (Å²) in [4.78, 5) is 18.7. The molecule has 2 fully saturated rings. The Morgan fingerprint density at radius 2 is 2.00 bits per heavy atom. The first-order valence-electron chi connectivity index (χ1n) is 9.05. The lowest BCUT2D eigenvalue weighted by Crippen LogP contribution is -2.64. The number of rotatable bonds is 4. The van der Waals surface area contributed by atoms with Gasteiger partial charge in [0.15, 0.2) is 5.82 Å². The van der Waals surface area contributed by atoms with Gasteiger partial charge in [-0.3, -0.25) is 4.79 Å². The molecular formula is C18H29N5O2. The number of aryl methyl sites for hydroxylation is 1. The maximum atomic E-state index is 12.3. The summed E-state index contributed by atoms with van der Waals surface area (Å²) in [5.74, 6) is 1.02. The van der Waals surface area contributed by atoms with E-state index in [-0.39, 0.29) is 24.2 Å². The molecule has 2 aliphatic heterocycles. The van der Waals surface area contributed by atoms with Crippen molar-refractivity contribution in [3.8, 4) is 0 Å². The number of amides is 1. The van der Waals surface area contributed by atoms with Gasteiger partial charge in [0, 0.05) is 26.2 Å². The zero-order chi connectivity index (χ0) is 18.0. The van der Waals surface area contributed by atoms with E-state index in [0.717, 1.165) is 50.5 Å². The van der Waals surface area contributed by atoms with Gasteiger partial charge in [-0.25, -0.2) is 0 Å². The summed E-state index contributed by atoms with van der Waals surface area (Å²) in [6, 6.07) is 4.12. The first kappa shape index (κ1) is 18.1. The second-order valence-electron chi connectivity index (χ2n) is 7.44. The highest BCUT2D eigenvalue weighted by Gasteiger charge is 2.47. The van der Waals surface area contributed by atoms with Crippen LogP contribution in [-0.4, -0.2) is 84.4 Å². The molecule has 1 unspecified atom stereocenters. The van der Waals surface area contributed by atoms with Gasteiger partial charge in [-0.2, -0.15) is 5.10 Å². The Balaban J connectivity index is 1.66.